The Kier molecular flexibility index (Phi) is 5.56. The summed E-state index contributed by atoms with van der Waals surface area (Å²) in [6.45, 7) is 0. The van der Waals surface area contributed by atoms with Gasteiger partial charge in [0, 0.05) is 5.54 Å². The maximum absolute atomic E-state index is 12.6. The largest absolute Gasteiger partial charge is 0.478 e. The third-order valence-electron chi connectivity index (χ3n) is 2.04. The van der Waals surface area contributed by atoms with Gasteiger partial charge in [0.2, 0.25) is 5.56 Å². The molecule has 1 N–H and O–H groups in total. The van der Waals surface area contributed by atoms with Crippen LogP contribution in [0.5, 0.6) is 5.75 Å². The third kappa shape index (κ3) is 4.47. The number of carboxylic acid groups (broad SMARTS) is 1. The number of carbonyl (C=O) groups is 1. The number of hydrogen-bond acceptors (Lipinski definition) is 2. The first kappa shape index (κ1) is 16.9. The van der Waals surface area contributed by atoms with Gasteiger partial charge in [0.05, 0.1) is 16.2 Å². The predicted octanol–water partition coefficient (Wildman–Crippen LogP) is 4.67. The van der Waals surface area contributed by atoms with E-state index in [0.717, 1.165) is 11.6 Å². The van der Waals surface area contributed by atoms with Crippen LogP contribution in [-0.4, -0.2) is 16.6 Å². The lowest BCUT2D eigenvalue weighted by atomic mass is 10.1. The molecule has 0 aliphatic rings. The van der Waals surface area contributed by atoms with Crippen molar-refractivity contribution in [2.24, 2.45) is 0 Å². The van der Waals surface area contributed by atoms with Crippen LogP contribution in [0.2, 0.25) is 0 Å². The molecule has 1 aromatic rings. The third-order valence-corrected chi connectivity index (χ3v) is 3.13. The summed E-state index contributed by atoms with van der Waals surface area (Å²) in [6, 6.07) is 1.99. The number of carboxylic acids is 1. The summed E-state index contributed by atoms with van der Waals surface area (Å²) in [5, 5.41) is 8.61. The lowest BCUT2D eigenvalue weighted by Gasteiger charge is -2.14. The highest BCUT2D eigenvalue weighted by molar-refractivity contribution is 6.41. The molecule has 0 bridgehead atoms. The maximum atomic E-state index is 12.6. The van der Waals surface area contributed by atoms with Gasteiger partial charge in [0.15, 0.2) is 0 Å². The Bertz CT molecular complexity index is 543. The van der Waals surface area contributed by atoms with Gasteiger partial charge in [-0.15, -0.1) is 0 Å². The van der Waals surface area contributed by atoms with Crippen LogP contribution in [0.3, 0.4) is 0 Å². The Morgan fingerprint density at radius 3 is 2.40 bits per heavy atom. The highest BCUT2D eigenvalue weighted by atomic mass is 35.5. The molecule has 0 radical (unpaired) electrons. The summed E-state index contributed by atoms with van der Waals surface area (Å²) >= 11 is 16.4. The minimum Gasteiger partial charge on any atom is -0.478 e. The Morgan fingerprint density at radius 1 is 1.35 bits per heavy atom. The average Bonchev–Trinajstić information content (AvgIpc) is 2.36. The SMILES string of the molecule is O=C(O)c1cc(OC(Cl)C(Cl)=CCl)cc(C(F)(F)F)c1. The minimum atomic E-state index is -4.72. The normalized spacial score (nSPS) is 14.0. The zero-order valence-electron chi connectivity index (χ0n) is 9.42. The number of ether oxygens (including phenoxy) is 1. The van der Waals surface area contributed by atoms with Crippen molar-refractivity contribution >= 4 is 40.8 Å². The molecule has 0 aromatic heterocycles. The molecule has 0 aliphatic heterocycles. The lowest BCUT2D eigenvalue weighted by molar-refractivity contribution is -0.137. The van der Waals surface area contributed by atoms with Crippen LogP contribution in [0, 0.1) is 0 Å². The van der Waals surface area contributed by atoms with E-state index in [0.29, 0.717) is 12.1 Å². The van der Waals surface area contributed by atoms with Crippen LogP contribution in [0.4, 0.5) is 13.2 Å². The van der Waals surface area contributed by atoms with Crippen molar-refractivity contribution in [2.75, 3.05) is 0 Å². The van der Waals surface area contributed by atoms with Crippen LogP contribution in [-0.2, 0) is 6.18 Å². The van der Waals surface area contributed by atoms with Crippen molar-refractivity contribution in [1.82, 2.24) is 0 Å². The molecule has 0 fully saturated rings. The molecule has 3 nitrogen and oxygen atoms in total. The second-order valence-electron chi connectivity index (χ2n) is 3.48. The molecule has 9 heteroatoms. The fraction of sp³-hybridized carbons (Fsp3) is 0.182. The summed E-state index contributed by atoms with van der Waals surface area (Å²) in [4.78, 5) is 10.8. The molecule has 110 valence electrons. The lowest BCUT2D eigenvalue weighted by Crippen LogP contribution is -2.12. The molecular formula is C11H6Cl3F3O3. The van der Waals surface area contributed by atoms with Gasteiger partial charge in [-0.1, -0.05) is 34.8 Å². The van der Waals surface area contributed by atoms with Crippen molar-refractivity contribution in [3.63, 3.8) is 0 Å². The standard InChI is InChI=1S/C11H6Cl3F3O3/c12-4-8(13)9(14)20-7-2-5(10(18)19)1-6(3-7)11(15,16)17/h1-4,9H,(H,18,19). The van der Waals surface area contributed by atoms with E-state index in [1.807, 2.05) is 0 Å². The van der Waals surface area contributed by atoms with Crippen molar-refractivity contribution in [3.8, 4) is 5.75 Å². The van der Waals surface area contributed by atoms with Gasteiger partial charge >= 0.3 is 12.1 Å². The number of alkyl halides is 4. The van der Waals surface area contributed by atoms with E-state index >= 15 is 0 Å². The quantitative estimate of drug-likeness (QED) is 0.804. The van der Waals surface area contributed by atoms with Gasteiger partial charge in [-0.2, -0.15) is 13.2 Å². The Morgan fingerprint density at radius 2 is 1.95 bits per heavy atom. The fourth-order valence-electron chi connectivity index (χ4n) is 1.18. The first-order valence-corrected chi connectivity index (χ1v) is 6.12. The molecule has 0 heterocycles. The fourth-order valence-corrected chi connectivity index (χ4v) is 1.57. The Labute approximate surface area is 126 Å². The second kappa shape index (κ2) is 6.56. The number of halogens is 6. The van der Waals surface area contributed by atoms with E-state index < -0.39 is 34.6 Å². The van der Waals surface area contributed by atoms with E-state index in [4.69, 9.17) is 44.6 Å². The van der Waals surface area contributed by atoms with Gasteiger partial charge in [0.25, 0.3) is 0 Å². The van der Waals surface area contributed by atoms with Crippen molar-refractivity contribution < 1.29 is 27.8 Å². The minimum absolute atomic E-state index is 0.164. The average molecular weight is 350 g/mol. The molecule has 0 saturated carbocycles. The van der Waals surface area contributed by atoms with Gasteiger partial charge in [0.1, 0.15) is 5.75 Å². The summed E-state index contributed by atoms with van der Waals surface area (Å²) < 4.78 is 42.8. The first-order valence-electron chi connectivity index (χ1n) is 4.87. The zero-order valence-corrected chi connectivity index (χ0v) is 11.7. The molecule has 20 heavy (non-hydrogen) atoms. The molecule has 0 amide bonds. The van der Waals surface area contributed by atoms with Gasteiger partial charge < -0.3 is 9.84 Å². The van der Waals surface area contributed by atoms with E-state index in [1.54, 1.807) is 0 Å². The molecule has 1 atom stereocenters. The first-order chi connectivity index (χ1) is 9.15. The van der Waals surface area contributed by atoms with Crippen LogP contribution < -0.4 is 4.74 Å². The summed E-state index contributed by atoms with van der Waals surface area (Å²) in [5.74, 6) is -1.93. The second-order valence-corrected chi connectivity index (χ2v) is 4.53. The van der Waals surface area contributed by atoms with E-state index in [-0.39, 0.29) is 5.03 Å². The van der Waals surface area contributed by atoms with E-state index in [1.165, 1.54) is 0 Å². The highest BCUT2D eigenvalue weighted by Crippen LogP contribution is 2.33. The van der Waals surface area contributed by atoms with Crippen LogP contribution >= 0.6 is 34.8 Å². The van der Waals surface area contributed by atoms with Gasteiger partial charge in [-0.05, 0) is 18.2 Å². The molecule has 1 aromatic carbocycles. The van der Waals surface area contributed by atoms with Crippen LogP contribution in [0.15, 0.2) is 28.8 Å². The smallest absolute Gasteiger partial charge is 0.416 e. The highest BCUT2D eigenvalue weighted by Gasteiger charge is 2.32. The summed E-state index contributed by atoms with van der Waals surface area (Å²) in [5.41, 5.74) is -2.23. The van der Waals surface area contributed by atoms with Gasteiger partial charge in [-0.3, -0.25) is 0 Å². The molecular weight excluding hydrogens is 343 g/mol. The molecule has 0 spiro atoms. The predicted molar refractivity (Wildman–Crippen MR) is 68.5 cm³/mol. The molecule has 1 unspecified atom stereocenters. The summed E-state index contributed by atoms with van der Waals surface area (Å²) in [6.07, 6.45) is -4.72. The Hall–Kier alpha value is -1.11. The topological polar surface area (TPSA) is 46.5 Å². The van der Waals surface area contributed by atoms with Crippen LogP contribution in [0.25, 0.3) is 0 Å². The Balaban J connectivity index is 3.19. The number of aromatic carboxylic acids is 1. The van der Waals surface area contributed by atoms with E-state index in [2.05, 4.69) is 0 Å². The van der Waals surface area contributed by atoms with Crippen molar-refractivity contribution in [3.05, 3.63) is 39.9 Å². The van der Waals surface area contributed by atoms with Crippen molar-refractivity contribution in [1.29, 1.82) is 0 Å². The number of hydrogen-bond donors (Lipinski definition) is 1. The van der Waals surface area contributed by atoms with Crippen LogP contribution in [0.1, 0.15) is 15.9 Å². The zero-order chi connectivity index (χ0) is 15.5. The maximum Gasteiger partial charge on any atom is 0.416 e. The number of rotatable bonds is 4. The van der Waals surface area contributed by atoms with E-state index in [9.17, 15) is 18.0 Å². The molecule has 1 rings (SSSR count). The summed E-state index contributed by atoms with van der Waals surface area (Å²) in [7, 11) is 0. The molecule has 0 saturated heterocycles. The number of benzene rings is 1. The monoisotopic (exact) mass is 348 g/mol. The van der Waals surface area contributed by atoms with Gasteiger partial charge in [-0.25, -0.2) is 4.79 Å². The molecule has 0 aliphatic carbocycles. The van der Waals surface area contributed by atoms with Crippen molar-refractivity contribution in [2.45, 2.75) is 11.7 Å².